The molecule has 0 radical (unpaired) electrons. The van der Waals surface area contributed by atoms with E-state index in [1.54, 1.807) is 47.5 Å². The number of carbonyl (C=O) groups excluding carboxylic acids is 3. The highest BCUT2D eigenvalue weighted by Gasteiger charge is 2.28. The van der Waals surface area contributed by atoms with Gasteiger partial charge >= 0.3 is 12.1 Å². The molecule has 2 aromatic carbocycles. The van der Waals surface area contributed by atoms with Crippen LogP contribution in [-0.2, 0) is 22.7 Å². The monoisotopic (exact) mass is 517 g/mol. The molecular weight excluding hydrogens is 490 g/mol. The van der Waals surface area contributed by atoms with Crippen LogP contribution in [0.5, 0.6) is 0 Å². The summed E-state index contributed by atoms with van der Waals surface area (Å²) in [5.74, 6) is -1.37. The molecule has 0 fully saturated rings. The molecule has 1 atom stereocenters. The Hall–Kier alpha value is -4.93. The van der Waals surface area contributed by atoms with Crippen molar-refractivity contribution in [3.63, 3.8) is 0 Å². The van der Waals surface area contributed by atoms with Gasteiger partial charge in [-0.1, -0.05) is 42.5 Å². The minimum Gasteiger partial charge on any atom is -0.480 e. The van der Waals surface area contributed by atoms with Crippen molar-refractivity contribution in [2.75, 3.05) is 25.0 Å². The van der Waals surface area contributed by atoms with Crippen molar-refractivity contribution >= 4 is 29.7 Å². The van der Waals surface area contributed by atoms with Crippen LogP contribution in [0, 0.1) is 0 Å². The number of fused-ring (bicyclic) bond motifs is 1. The first-order valence-corrected chi connectivity index (χ1v) is 12.0. The normalized spacial score (nSPS) is 12.8. The zero-order chi connectivity index (χ0) is 26.9. The number of nitrogens with one attached hydrogen (secondary N) is 3. The lowest BCUT2D eigenvalue weighted by molar-refractivity contribution is -0.139. The Morgan fingerprint density at radius 1 is 1.05 bits per heavy atom. The Morgan fingerprint density at radius 3 is 2.58 bits per heavy atom. The molecule has 2 heterocycles. The lowest BCUT2D eigenvalue weighted by atomic mass is 10.1. The number of nitrogens with zero attached hydrogens (tertiary/aromatic N) is 2. The average molecular weight is 518 g/mol. The number of carbonyl (C=O) groups is 4. The Labute approximate surface area is 218 Å². The lowest BCUT2D eigenvalue weighted by Gasteiger charge is -2.16. The molecule has 0 spiro atoms. The van der Waals surface area contributed by atoms with Gasteiger partial charge in [0.2, 0.25) is 0 Å². The van der Waals surface area contributed by atoms with Crippen LogP contribution in [0.3, 0.4) is 0 Å². The van der Waals surface area contributed by atoms with Crippen LogP contribution >= 0.6 is 0 Å². The number of rotatable bonds is 11. The number of amides is 3. The number of hydrogen-bond acceptors (Lipinski definition) is 7. The number of aliphatic carboxylic acids is 1. The minimum absolute atomic E-state index is 0.0231. The SMILES string of the molecule is O=C(N[C@@H](CNC(=O)c1ccc2c(c1)C(=O)N(CCNc1ccccn1)C2)C(=O)O)OCc1ccccc1. The third-order valence-corrected chi connectivity index (χ3v) is 5.87. The fourth-order valence-electron chi connectivity index (χ4n) is 3.87. The fourth-order valence-corrected chi connectivity index (χ4v) is 3.87. The lowest BCUT2D eigenvalue weighted by Crippen LogP contribution is -2.48. The molecule has 11 nitrogen and oxygen atoms in total. The maximum atomic E-state index is 12.9. The highest BCUT2D eigenvalue weighted by Crippen LogP contribution is 2.23. The van der Waals surface area contributed by atoms with Gasteiger partial charge in [0.05, 0.1) is 0 Å². The number of aromatic nitrogens is 1. The quantitative estimate of drug-likeness (QED) is 0.303. The number of carboxylic acid groups (broad SMARTS) is 1. The summed E-state index contributed by atoms with van der Waals surface area (Å²) in [6.45, 7) is 1.01. The second-order valence-electron chi connectivity index (χ2n) is 8.55. The van der Waals surface area contributed by atoms with E-state index in [4.69, 9.17) is 4.74 Å². The number of carboxylic acids is 1. The third kappa shape index (κ3) is 6.84. The second kappa shape index (κ2) is 12.3. The summed E-state index contributed by atoms with van der Waals surface area (Å²) in [5.41, 5.74) is 2.18. The van der Waals surface area contributed by atoms with Crippen molar-refractivity contribution in [2.24, 2.45) is 0 Å². The zero-order valence-electron chi connectivity index (χ0n) is 20.4. The number of alkyl carbamates (subject to hydrolysis) is 1. The summed E-state index contributed by atoms with van der Waals surface area (Å²) in [5, 5.41) is 17.3. The molecule has 0 unspecified atom stereocenters. The molecule has 4 N–H and O–H groups in total. The van der Waals surface area contributed by atoms with Gasteiger partial charge in [0.15, 0.2) is 0 Å². The van der Waals surface area contributed by atoms with Gasteiger partial charge in [0.1, 0.15) is 18.5 Å². The van der Waals surface area contributed by atoms with Crippen LogP contribution in [0.15, 0.2) is 72.9 Å². The molecule has 4 rings (SSSR count). The van der Waals surface area contributed by atoms with E-state index in [-0.39, 0.29) is 24.6 Å². The zero-order valence-corrected chi connectivity index (χ0v) is 20.4. The van der Waals surface area contributed by atoms with E-state index in [0.29, 0.717) is 31.0 Å². The van der Waals surface area contributed by atoms with Gasteiger partial charge in [-0.3, -0.25) is 9.59 Å². The fraction of sp³-hybridized carbons (Fsp3) is 0.222. The molecule has 0 saturated carbocycles. The van der Waals surface area contributed by atoms with Crippen molar-refractivity contribution in [1.29, 1.82) is 0 Å². The molecule has 3 amide bonds. The van der Waals surface area contributed by atoms with E-state index in [1.807, 2.05) is 24.3 Å². The van der Waals surface area contributed by atoms with E-state index in [9.17, 15) is 24.3 Å². The summed E-state index contributed by atoms with van der Waals surface area (Å²) in [6, 6.07) is 17.8. The summed E-state index contributed by atoms with van der Waals surface area (Å²) >= 11 is 0. The topological polar surface area (TPSA) is 150 Å². The predicted octanol–water partition coefficient (Wildman–Crippen LogP) is 2.26. The van der Waals surface area contributed by atoms with Crippen molar-refractivity contribution in [3.8, 4) is 0 Å². The van der Waals surface area contributed by atoms with Gasteiger partial charge in [0.25, 0.3) is 11.8 Å². The molecule has 0 saturated heterocycles. The molecule has 0 aliphatic carbocycles. The molecule has 1 aliphatic heterocycles. The first kappa shape index (κ1) is 26.1. The van der Waals surface area contributed by atoms with Crippen LogP contribution in [0.4, 0.5) is 10.6 Å². The maximum Gasteiger partial charge on any atom is 0.408 e. The molecule has 11 heteroatoms. The molecule has 38 heavy (non-hydrogen) atoms. The van der Waals surface area contributed by atoms with Gasteiger partial charge in [0, 0.05) is 43.5 Å². The maximum absolute atomic E-state index is 12.9. The number of anilines is 1. The van der Waals surface area contributed by atoms with E-state index >= 15 is 0 Å². The molecule has 1 aromatic heterocycles. The largest absolute Gasteiger partial charge is 0.480 e. The highest BCUT2D eigenvalue weighted by atomic mass is 16.5. The summed E-state index contributed by atoms with van der Waals surface area (Å²) in [4.78, 5) is 55.0. The van der Waals surface area contributed by atoms with Gasteiger partial charge in [-0.05, 0) is 35.4 Å². The Balaban J connectivity index is 1.27. The van der Waals surface area contributed by atoms with E-state index in [1.165, 1.54) is 6.07 Å². The molecule has 1 aliphatic rings. The standard InChI is InChI=1S/C27H27N5O6/c33-24(30-15-22(26(35)36)31-27(37)38-17-18-6-2-1-3-7-18)19-9-10-20-16-32(25(34)21(20)14-19)13-12-29-23-8-4-5-11-28-23/h1-11,14,22H,12-13,15-17H2,(H,28,29)(H,30,33)(H,31,37)(H,35,36)/t22-/m0/s1. The molecule has 196 valence electrons. The van der Waals surface area contributed by atoms with Gasteiger partial charge in [-0.15, -0.1) is 0 Å². The molecular formula is C27H27N5O6. The Morgan fingerprint density at radius 2 is 1.84 bits per heavy atom. The van der Waals surface area contributed by atoms with Crippen molar-refractivity contribution < 1.29 is 29.0 Å². The first-order chi connectivity index (χ1) is 18.4. The summed E-state index contributed by atoms with van der Waals surface area (Å²) < 4.78 is 5.05. The minimum atomic E-state index is -1.40. The van der Waals surface area contributed by atoms with Crippen LogP contribution in [0.2, 0.25) is 0 Å². The van der Waals surface area contributed by atoms with Crippen LogP contribution in [-0.4, -0.2) is 64.5 Å². The highest BCUT2D eigenvalue weighted by molar-refractivity contribution is 6.02. The molecule has 3 aromatic rings. The molecule has 0 bridgehead atoms. The number of hydrogen-bond donors (Lipinski definition) is 4. The van der Waals surface area contributed by atoms with Crippen molar-refractivity contribution in [3.05, 3.63) is 95.2 Å². The van der Waals surface area contributed by atoms with Gasteiger partial charge in [-0.2, -0.15) is 0 Å². The number of benzene rings is 2. The Kier molecular flexibility index (Phi) is 8.50. The van der Waals surface area contributed by atoms with Crippen molar-refractivity contribution in [1.82, 2.24) is 20.5 Å². The number of ether oxygens (including phenoxy) is 1. The van der Waals surface area contributed by atoms with Crippen molar-refractivity contribution in [2.45, 2.75) is 19.2 Å². The van der Waals surface area contributed by atoms with Crippen LogP contribution in [0.1, 0.15) is 31.8 Å². The summed E-state index contributed by atoms with van der Waals surface area (Å²) in [7, 11) is 0. The second-order valence-corrected chi connectivity index (χ2v) is 8.55. The van der Waals surface area contributed by atoms with Crippen LogP contribution < -0.4 is 16.0 Å². The summed E-state index contributed by atoms with van der Waals surface area (Å²) in [6.07, 6.45) is 0.759. The van der Waals surface area contributed by atoms with E-state index in [0.717, 1.165) is 11.1 Å². The van der Waals surface area contributed by atoms with Gasteiger partial charge < -0.3 is 30.7 Å². The predicted molar refractivity (Wildman–Crippen MR) is 137 cm³/mol. The Bertz CT molecular complexity index is 1300. The average Bonchev–Trinajstić information content (AvgIpc) is 3.25. The smallest absolute Gasteiger partial charge is 0.408 e. The van der Waals surface area contributed by atoms with Crippen LogP contribution in [0.25, 0.3) is 0 Å². The first-order valence-electron chi connectivity index (χ1n) is 12.0. The van der Waals surface area contributed by atoms with Gasteiger partial charge in [-0.25, -0.2) is 14.6 Å². The third-order valence-electron chi connectivity index (χ3n) is 5.87. The van der Waals surface area contributed by atoms with E-state index < -0.39 is 24.0 Å². The van der Waals surface area contributed by atoms with E-state index in [2.05, 4.69) is 20.9 Å². The number of pyridine rings is 1.